The van der Waals surface area contributed by atoms with E-state index in [0.717, 1.165) is 11.1 Å². The second kappa shape index (κ2) is 7.71. The van der Waals surface area contributed by atoms with Crippen LogP contribution < -0.4 is 5.73 Å². The van der Waals surface area contributed by atoms with Gasteiger partial charge in [-0.3, -0.25) is 5.26 Å². The van der Waals surface area contributed by atoms with Crippen molar-refractivity contribution in [1.29, 1.82) is 0 Å². The Bertz CT molecular complexity index is 689. The van der Waals surface area contributed by atoms with Crippen molar-refractivity contribution in [3.8, 4) is 17.0 Å². The minimum absolute atomic E-state index is 0.149. The molecule has 2 rings (SSSR count). The highest BCUT2D eigenvalue weighted by atomic mass is 17.1. The molecule has 0 aliphatic carbocycles. The summed E-state index contributed by atoms with van der Waals surface area (Å²) in [6.45, 7) is 5.74. The fourth-order valence-electron chi connectivity index (χ4n) is 2.32. The van der Waals surface area contributed by atoms with E-state index < -0.39 is 0 Å². The third-order valence-electron chi connectivity index (χ3n) is 3.59. The number of nitrogens with zero attached hydrogens (tertiary/aromatic N) is 2. The number of para-hydroxylation sites is 1. The Morgan fingerprint density at radius 2 is 2.09 bits per heavy atom. The van der Waals surface area contributed by atoms with Crippen molar-refractivity contribution in [2.75, 3.05) is 5.73 Å². The average molecular weight is 315 g/mol. The molecule has 1 heterocycles. The number of hydrogen-bond donors (Lipinski definition) is 3. The summed E-state index contributed by atoms with van der Waals surface area (Å²) < 4.78 is 0. The van der Waals surface area contributed by atoms with Crippen LogP contribution in [0.5, 0.6) is 5.75 Å². The first-order valence-corrected chi connectivity index (χ1v) is 7.38. The number of benzene rings is 1. The molecule has 0 radical (unpaired) electrons. The van der Waals surface area contributed by atoms with Gasteiger partial charge in [-0.05, 0) is 49.9 Å². The van der Waals surface area contributed by atoms with E-state index in [1.807, 2.05) is 12.1 Å². The van der Waals surface area contributed by atoms with E-state index in [2.05, 4.69) is 21.7 Å². The number of aromatic hydroxyl groups is 1. The maximum absolute atomic E-state index is 9.92. The van der Waals surface area contributed by atoms with E-state index in [9.17, 15) is 5.11 Å². The van der Waals surface area contributed by atoms with E-state index >= 15 is 0 Å². The van der Waals surface area contributed by atoms with E-state index in [0.29, 0.717) is 36.3 Å². The first-order valence-electron chi connectivity index (χ1n) is 7.38. The molecule has 1 unspecified atom stereocenters. The van der Waals surface area contributed by atoms with Crippen molar-refractivity contribution in [1.82, 2.24) is 10.2 Å². The van der Waals surface area contributed by atoms with Gasteiger partial charge in [-0.2, -0.15) is 0 Å². The Morgan fingerprint density at radius 3 is 2.78 bits per heavy atom. The largest absolute Gasteiger partial charge is 0.507 e. The summed E-state index contributed by atoms with van der Waals surface area (Å²) in [6.07, 6.45) is 1.64. The van der Waals surface area contributed by atoms with Gasteiger partial charge >= 0.3 is 0 Å². The lowest BCUT2D eigenvalue weighted by Gasteiger charge is -2.11. The molecule has 122 valence electrons. The highest BCUT2D eigenvalue weighted by Gasteiger charge is 2.11. The third-order valence-corrected chi connectivity index (χ3v) is 3.59. The van der Waals surface area contributed by atoms with Gasteiger partial charge in [-0.15, -0.1) is 10.2 Å². The number of anilines is 1. The molecular weight excluding hydrogens is 294 g/mol. The minimum Gasteiger partial charge on any atom is -0.507 e. The number of phenolic OH excluding ortho intramolecular Hbond substituents is 1. The molecule has 0 saturated carbocycles. The number of aromatic nitrogens is 2. The maximum atomic E-state index is 9.92. The zero-order chi connectivity index (χ0) is 16.8. The van der Waals surface area contributed by atoms with Crippen molar-refractivity contribution in [2.24, 2.45) is 0 Å². The van der Waals surface area contributed by atoms with Crippen molar-refractivity contribution < 1.29 is 15.3 Å². The maximum Gasteiger partial charge on any atom is 0.149 e. The number of rotatable bonds is 7. The highest BCUT2D eigenvalue weighted by Crippen LogP contribution is 2.28. The van der Waals surface area contributed by atoms with Gasteiger partial charge in [-0.1, -0.05) is 24.3 Å². The van der Waals surface area contributed by atoms with Crippen molar-refractivity contribution in [3.05, 3.63) is 48.0 Å². The molecule has 0 saturated heterocycles. The van der Waals surface area contributed by atoms with Crippen LogP contribution in [0.25, 0.3) is 11.3 Å². The van der Waals surface area contributed by atoms with Crippen LogP contribution in [0, 0.1) is 0 Å². The van der Waals surface area contributed by atoms with E-state index in [1.54, 1.807) is 25.1 Å². The Hall–Kier alpha value is -2.44. The van der Waals surface area contributed by atoms with Gasteiger partial charge in [0.1, 0.15) is 11.6 Å². The Balaban J connectivity index is 2.12. The molecule has 0 aliphatic rings. The second-order valence-electron chi connectivity index (χ2n) is 5.53. The van der Waals surface area contributed by atoms with Crippen LogP contribution in [0.4, 0.5) is 5.82 Å². The molecule has 0 amide bonds. The van der Waals surface area contributed by atoms with Crippen LogP contribution in [0.3, 0.4) is 0 Å². The molecule has 0 fully saturated rings. The standard InChI is InChI=1S/C17H21N3O3/c1-11(9-12(2)23-22)7-8-13-10-15(19-20-17(13)18)14-5-3-4-6-16(14)21/h3-6,10,12,21-22H,1,7-9H2,2H3,(H2,18,20). The smallest absolute Gasteiger partial charge is 0.149 e. The molecule has 1 aromatic heterocycles. The van der Waals surface area contributed by atoms with Gasteiger partial charge in [0.25, 0.3) is 0 Å². The molecule has 0 aliphatic heterocycles. The lowest BCUT2D eigenvalue weighted by molar-refractivity contribution is -0.273. The summed E-state index contributed by atoms with van der Waals surface area (Å²) in [4.78, 5) is 4.25. The highest BCUT2D eigenvalue weighted by molar-refractivity contribution is 5.67. The van der Waals surface area contributed by atoms with Crippen LogP contribution in [-0.4, -0.2) is 26.7 Å². The van der Waals surface area contributed by atoms with E-state index in [1.165, 1.54) is 0 Å². The zero-order valence-corrected chi connectivity index (χ0v) is 13.1. The predicted molar refractivity (Wildman–Crippen MR) is 88.8 cm³/mol. The summed E-state index contributed by atoms with van der Waals surface area (Å²) in [5.74, 6) is 0.513. The van der Waals surface area contributed by atoms with Crippen LogP contribution in [-0.2, 0) is 11.3 Å². The van der Waals surface area contributed by atoms with Gasteiger partial charge in [0.2, 0.25) is 0 Å². The molecular formula is C17H21N3O3. The molecule has 4 N–H and O–H groups in total. The summed E-state index contributed by atoms with van der Waals surface area (Å²) in [5, 5.41) is 26.5. The summed E-state index contributed by atoms with van der Waals surface area (Å²) >= 11 is 0. The van der Waals surface area contributed by atoms with E-state index in [-0.39, 0.29) is 11.9 Å². The molecule has 0 spiro atoms. The van der Waals surface area contributed by atoms with Crippen LogP contribution >= 0.6 is 0 Å². The summed E-state index contributed by atoms with van der Waals surface area (Å²) in [7, 11) is 0. The van der Waals surface area contributed by atoms with Gasteiger partial charge in [0, 0.05) is 5.56 Å². The van der Waals surface area contributed by atoms with Gasteiger partial charge in [0.05, 0.1) is 11.8 Å². The van der Waals surface area contributed by atoms with Crippen LogP contribution in [0.1, 0.15) is 25.3 Å². The lowest BCUT2D eigenvalue weighted by atomic mass is 10.0. The molecule has 0 bridgehead atoms. The first-order chi connectivity index (χ1) is 11.0. The van der Waals surface area contributed by atoms with Gasteiger partial charge < -0.3 is 10.8 Å². The average Bonchev–Trinajstić information content (AvgIpc) is 2.54. The topological polar surface area (TPSA) is 101 Å². The molecule has 1 aromatic carbocycles. The van der Waals surface area contributed by atoms with Gasteiger partial charge in [-0.25, -0.2) is 4.89 Å². The van der Waals surface area contributed by atoms with Crippen LogP contribution in [0.15, 0.2) is 42.5 Å². The molecule has 2 aromatic rings. The quantitative estimate of drug-likeness (QED) is 0.412. The van der Waals surface area contributed by atoms with Crippen molar-refractivity contribution in [3.63, 3.8) is 0 Å². The normalized spacial score (nSPS) is 12.1. The molecule has 1 atom stereocenters. The predicted octanol–water partition coefficient (Wildman–Crippen LogP) is 3.19. The molecule has 6 nitrogen and oxygen atoms in total. The first kappa shape index (κ1) is 16.9. The summed E-state index contributed by atoms with van der Waals surface area (Å²) in [5.41, 5.74) is 8.87. The fourth-order valence-corrected chi connectivity index (χ4v) is 2.32. The molecule has 23 heavy (non-hydrogen) atoms. The number of aryl methyl sites for hydroxylation is 1. The number of hydrogen-bond acceptors (Lipinski definition) is 6. The zero-order valence-electron chi connectivity index (χ0n) is 13.1. The number of phenols is 1. The van der Waals surface area contributed by atoms with Crippen LogP contribution in [0.2, 0.25) is 0 Å². The lowest BCUT2D eigenvalue weighted by Crippen LogP contribution is -2.07. The number of nitrogen functional groups attached to an aromatic ring is 1. The Kier molecular flexibility index (Phi) is 5.67. The van der Waals surface area contributed by atoms with Crippen molar-refractivity contribution in [2.45, 2.75) is 32.3 Å². The minimum atomic E-state index is -0.285. The third kappa shape index (κ3) is 4.51. The van der Waals surface area contributed by atoms with Gasteiger partial charge in [0.15, 0.2) is 0 Å². The SMILES string of the molecule is C=C(CCc1cc(-c2ccccc2O)nnc1N)CC(C)OO. The Labute approximate surface area is 135 Å². The number of nitrogens with two attached hydrogens (primary N) is 1. The second-order valence-corrected chi connectivity index (χ2v) is 5.53. The summed E-state index contributed by atoms with van der Waals surface area (Å²) in [6, 6.07) is 8.78. The monoisotopic (exact) mass is 315 g/mol. The fraction of sp³-hybridized carbons (Fsp3) is 0.294. The Morgan fingerprint density at radius 1 is 1.35 bits per heavy atom. The molecule has 6 heteroatoms. The van der Waals surface area contributed by atoms with E-state index in [4.69, 9.17) is 11.0 Å². The van der Waals surface area contributed by atoms with Crippen molar-refractivity contribution >= 4 is 5.82 Å².